The molecule has 0 spiro atoms. The zero-order chi connectivity index (χ0) is 12.4. The first-order valence-corrected chi connectivity index (χ1v) is 6.47. The van der Waals surface area contributed by atoms with Gasteiger partial charge >= 0.3 is 0 Å². The lowest BCUT2D eigenvalue weighted by atomic mass is 9.74. The topological polar surface area (TPSA) is 30.2 Å². The van der Waals surface area contributed by atoms with Gasteiger partial charge in [0.05, 0.1) is 11.7 Å². The van der Waals surface area contributed by atoms with Crippen LogP contribution in [0, 0.1) is 0 Å². The van der Waals surface area contributed by atoms with E-state index in [9.17, 15) is 4.79 Å². The molecule has 1 heterocycles. The van der Waals surface area contributed by atoms with Crippen molar-refractivity contribution in [1.82, 2.24) is 0 Å². The van der Waals surface area contributed by atoms with E-state index in [0.29, 0.717) is 5.76 Å². The average molecular weight is 240 g/mol. The van der Waals surface area contributed by atoms with Crippen molar-refractivity contribution >= 4 is 5.78 Å². The van der Waals surface area contributed by atoms with Gasteiger partial charge in [0.25, 0.3) is 0 Å². The van der Waals surface area contributed by atoms with E-state index in [1.165, 1.54) is 0 Å². The highest BCUT2D eigenvalue weighted by atomic mass is 16.3. The second-order valence-corrected chi connectivity index (χ2v) is 4.96. The van der Waals surface area contributed by atoms with Crippen molar-refractivity contribution < 1.29 is 9.21 Å². The molecule has 1 aromatic carbocycles. The second kappa shape index (κ2) is 4.45. The summed E-state index contributed by atoms with van der Waals surface area (Å²) in [6, 6.07) is 13.7. The van der Waals surface area contributed by atoms with E-state index in [1.54, 1.807) is 18.4 Å². The third-order valence-electron chi connectivity index (χ3n) is 3.96. The van der Waals surface area contributed by atoms with Gasteiger partial charge in [-0.05, 0) is 30.5 Å². The summed E-state index contributed by atoms with van der Waals surface area (Å²) >= 11 is 0. The largest absolute Gasteiger partial charge is 0.461 e. The number of carbonyl (C=O) groups is 1. The monoisotopic (exact) mass is 240 g/mol. The van der Waals surface area contributed by atoms with Gasteiger partial charge in [-0.25, -0.2) is 0 Å². The minimum Gasteiger partial charge on any atom is -0.461 e. The molecule has 0 unspecified atom stereocenters. The summed E-state index contributed by atoms with van der Waals surface area (Å²) in [5.41, 5.74) is 0.767. The van der Waals surface area contributed by atoms with Crippen molar-refractivity contribution in [3.05, 3.63) is 60.1 Å². The molecule has 1 saturated carbocycles. The molecular formula is C16H16O2. The first-order valence-electron chi connectivity index (χ1n) is 6.47. The van der Waals surface area contributed by atoms with Crippen LogP contribution in [0.15, 0.2) is 53.1 Å². The second-order valence-electron chi connectivity index (χ2n) is 4.96. The predicted octanol–water partition coefficient (Wildman–Crippen LogP) is 3.97. The molecule has 0 atom stereocenters. The van der Waals surface area contributed by atoms with E-state index < -0.39 is 0 Å². The van der Waals surface area contributed by atoms with Gasteiger partial charge in [0, 0.05) is 0 Å². The van der Waals surface area contributed by atoms with Crippen molar-refractivity contribution in [2.45, 2.75) is 31.1 Å². The molecule has 0 N–H and O–H groups in total. The molecule has 2 aromatic rings. The fourth-order valence-corrected chi connectivity index (χ4v) is 3.03. The highest BCUT2D eigenvalue weighted by Gasteiger charge is 2.43. The molecule has 2 heteroatoms. The summed E-state index contributed by atoms with van der Waals surface area (Å²) < 4.78 is 5.30. The van der Waals surface area contributed by atoms with E-state index >= 15 is 0 Å². The molecule has 1 aliphatic carbocycles. The molecular weight excluding hydrogens is 224 g/mol. The summed E-state index contributed by atoms with van der Waals surface area (Å²) in [5, 5.41) is 0. The van der Waals surface area contributed by atoms with Crippen molar-refractivity contribution in [3.63, 3.8) is 0 Å². The number of benzene rings is 1. The third kappa shape index (κ3) is 1.69. The minimum atomic E-state index is -0.362. The van der Waals surface area contributed by atoms with Gasteiger partial charge in [-0.2, -0.15) is 0 Å². The van der Waals surface area contributed by atoms with E-state index in [-0.39, 0.29) is 11.2 Å². The van der Waals surface area contributed by atoms with Crippen LogP contribution in [-0.2, 0) is 5.41 Å². The molecule has 92 valence electrons. The van der Waals surface area contributed by atoms with Crippen molar-refractivity contribution in [1.29, 1.82) is 0 Å². The summed E-state index contributed by atoms with van der Waals surface area (Å²) in [7, 11) is 0. The van der Waals surface area contributed by atoms with Crippen LogP contribution in [0.2, 0.25) is 0 Å². The number of ketones is 1. The Morgan fingerprint density at radius 1 is 1.00 bits per heavy atom. The maximum absolute atomic E-state index is 12.7. The molecule has 3 rings (SSSR count). The van der Waals surface area contributed by atoms with Crippen LogP contribution >= 0.6 is 0 Å². The summed E-state index contributed by atoms with van der Waals surface area (Å²) in [4.78, 5) is 12.7. The van der Waals surface area contributed by atoms with Crippen LogP contribution < -0.4 is 0 Å². The van der Waals surface area contributed by atoms with Crippen molar-refractivity contribution in [2.24, 2.45) is 0 Å². The summed E-state index contributed by atoms with van der Waals surface area (Å²) in [6.07, 6.45) is 5.65. The summed E-state index contributed by atoms with van der Waals surface area (Å²) in [5.74, 6) is 0.622. The zero-order valence-electron chi connectivity index (χ0n) is 10.3. The molecule has 18 heavy (non-hydrogen) atoms. The Kier molecular flexibility index (Phi) is 2.78. The van der Waals surface area contributed by atoms with Crippen molar-refractivity contribution in [3.8, 4) is 0 Å². The Balaban J connectivity index is 2.05. The number of carbonyl (C=O) groups excluding carboxylic acids is 1. The average Bonchev–Trinajstić information content (AvgIpc) is 3.11. The van der Waals surface area contributed by atoms with Gasteiger partial charge in [0.15, 0.2) is 5.76 Å². The highest BCUT2D eigenvalue weighted by Crippen LogP contribution is 2.43. The third-order valence-corrected chi connectivity index (χ3v) is 3.96. The van der Waals surface area contributed by atoms with E-state index in [0.717, 1.165) is 31.2 Å². The Morgan fingerprint density at radius 3 is 2.33 bits per heavy atom. The number of hydrogen-bond donors (Lipinski definition) is 0. The lowest BCUT2D eigenvalue weighted by Crippen LogP contribution is -2.32. The number of furan rings is 1. The molecule has 1 aliphatic rings. The molecule has 0 radical (unpaired) electrons. The maximum Gasteiger partial charge on any atom is 0.208 e. The van der Waals surface area contributed by atoms with Gasteiger partial charge in [-0.3, -0.25) is 4.79 Å². The van der Waals surface area contributed by atoms with Gasteiger partial charge in [-0.15, -0.1) is 0 Å². The molecule has 2 nitrogen and oxygen atoms in total. The lowest BCUT2D eigenvalue weighted by Gasteiger charge is -2.26. The SMILES string of the molecule is O=C(c1ccco1)C1(c2ccccc2)CCCC1. The van der Waals surface area contributed by atoms with Crippen LogP contribution in [0.5, 0.6) is 0 Å². The molecule has 1 aromatic heterocycles. The van der Waals surface area contributed by atoms with Gasteiger partial charge in [-0.1, -0.05) is 43.2 Å². The number of Topliss-reactive ketones (excluding diaryl/α,β-unsaturated/α-hetero) is 1. The van der Waals surface area contributed by atoms with Crippen molar-refractivity contribution in [2.75, 3.05) is 0 Å². The first kappa shape index (κ1) is 11.3. The molecule has 0 aliphatic heterocycles. The highest BCUT2D eigenvalue weighted by molar-refractivity contribution is 6.02. The zero-order valence-corrected chi connectivity index (χ0v) is 10.3. The fraction of sp³-hybridized carbons (Fsp3) is 0.312. The van der Waals surface area contributed by atoms with Gasteiger partial charge < -0.3 is 4.42 Å². The molecule has 0 amide bonds. The number of hydrogen-bond acceptors (Lipinski definition) is 2. The summed E-state index contributed by atoms with van der Waals surface area (Å²) in [6.45, 7) is 0. The van der Waals surface area contributed by atoms with Crippen LogP contribution in [0.3, 0.4) is 0 Å². The smallest absolute Gasteiger partial charge is 0.208 e. The Hall–Kier alpha value is -1.83. The van der Waals surface area contributed by atoms with E-state index in [2.05, 4.69) is 12.1 Å². The molecule has 1 fully saturated rings. The minimum absolute atomic E-state index is 0.135. The van der Waals surface area contributed by atoms with E-state index in [1.807, 2.05) is 18.2 Å². The first-order chi connectivity index (χ1) is 8.83. The Morgan fingerprint density at radius 2 is 1.72 bits per heavy atom. The van der Waals surface area contributed by atoms with Crippen LogP contribution in [-0.4, -0.2) is 5.78 Å². The lowest BCUT2D eigenvalue weighted by molar-refractivity contribution is 0.0857. The fourth-order valence-electron chi connectivity index (χ4n) is 3.03. The molecule has 0 bridgehead atoms. The van der Waals surface area contributed by atoms with Gasteiger partial charge in [0.2, 0.25) is 5.78 Å². The quantitative estimate of drug-likeness (QED) is 0.760. The number of rotatable bonds is 3. The van der Waals surface area contributed by atoms with E-state index in [4.69, 9.17) is 4.42 Å². The van der Waals surface area contributed by atoms with Crippen LogP contribution in [0.1, 0.15) is 41.8 Å². The predicted molar refractivity (Wildman–Crippen MR) is 69.6 cm³/mol. The standard InChI is InChI=1S/C16H16O2/c17-15(14-9-6-12-18-14)16(10-4-5-11-16)13-7-2-1-3-8-13/h1-3,6-9,12H,4-5,10-11H2. The normalized spacial score (nSPS) is 17.8. The van der Waals surface area contributed by atoms with Crippen LogP contribution in [0.4, 0.5) is 0 Å². The Labute approximate surface area is 107 Å². The maximum atomic E-state index is 12.7. The molecule has 0 saturated heterocycles. The Bertz CT molecular complexity index is 519. The van der Waals surface area contributed by atoms with Crippen LogP contribution in [0.25, 0.3) is 0 Å². The van der Waals surface area contributed by atoms with Gasteiger partial charge in [0.1, 0.15) is 0 Å².